The minimum absolute atomic E-state index is 0.593. The van der Waals surface area contributed by atoms with Crippen molar-refractivity contribution in [3.8, 4) is 0 Å². The van der Waals surface area contributed by atoms with Gasteiger partial charge in [-0.15, -0.1) is 5.16 Å². The van der Waals surface area contributed by atoms with E-state index >= 15 is 0 Å². The molecule has 0 radical (unpaired) electrons. The van der Waals surface area contributed by atoms with E-state index in [2.05, 4.69) is 19.0 Å². The first kappa shape index (κ1) is 6.47. The van der Waals surface area contributed by atoms with E-state index in [0.29, 0.717) is 5.92 Å². The largest absolute Gasteiger partial charge is 0.411 e. The maximum absolute atomic E-state index is 7.88. The highest BCUT2D eigenvalue weighted by atomic mass is 16.4. The van der Waals surface area contributed by atoms with Gasteiger partial charge in [0.1, 0.15) is 0 Å². The Labute approximate surface area is 43.8 Å². The zero-order valence-electron chi connectivity index (χ0n) is 4.76. The molecule has 0 aliphatic heterocycles. The summed E-state index contributed by atoms with van der Waals surface area (Å²) in [5.41, 5.74) is 0. The number of hydrogen-bond donors (Lipinski definition) is 1. The van der Waals surface area contributed by atoms with Gasteiger partial charge in [0.2, 0.25) is 0 Å². The van der Waals surface area contributed by atoms with Crippen molar-refractivity contribution >= 4 is 6.21 Å². The van der Waals surface area contributed by atoms with Gasteiger partial charge in [0.05, 0.1) is 0 Å². The topological polar surface area (TPSA) is 32.6 Å². The Morgan fingerprint density at radius 2 is 2.29 bits per heavy atom. The average molecular weight is 101 g/mol. The molecular formula is C5H11NO. The van der Waals surface area contributed by atoms with Crippen molar-refractivity contribution in [3.05, 3.63) is 0 Å². The molecule has 42 valence electrons. The van der Waals surface area contributed by atoms with Gasteiger partial charge >= 0.3 is 0 Å². The molecule has 0 amide bonds. The van der Waals surface area contributed by atoms with Crippen LogP contribution in [0.2, 0.25) is 0 Å². The third-order valence-corrected chi connectivity index (χ3v) is 0.658. The summed E-state index contributed by atoms with van der Waals surface area (Å²) in [6.45, 7) is 4.14. The molecule has 7 heavy (non-hydrogen) atoms. The fourth-order valence-electron chi connectivity index (χ4n) is 0.258. The number of hydrogen-bond acceptors (Lipinski definition) is 2. The molecule has 0 saturated heterocycles. The van der Waals surface area contributed by atoms with Gasteiger partial charge in [-0.2, -0.15) is 0 Å². The van der Waals surface area contributed by atoms with Crippen molar-refractivity contribution in [2.75, 3.05) is 0 Å². The van der Waals surface area contributed by atoms with Crippen LogP contribution in [0.4, 0.5) is 0 Å². The fourth-order valence-corrected chi connectivity index (χ4v) is 0.258. The van der Waals surface area contributed by atoms with E-state index < -0.39 is 0 Å². The van der Waals surface area contributed by atoms with Gasteiger partial charge in [0, 0.05) is 6.21 Å². The second-order valence-electron chi connectivity index (χ2n) is 1.93. The zero-order valence-corrected chi connectivity index (χ0v) is 4.76. The van der Waals surface area contributed by atoms with Gasteiger partial charge in [-0.25, -0.2) is 0 Å². The Morgan fingerprint density at radius 1 is 1.71 bits per heavy atom. The number of nitrogens with zero attached hydrogens (tertiary/aromatic N) is 1. The van der Waals surface area contributed by atoms with Crippen molar-refractivity contribution in [1.29, 1.82) is 0 Å². The summed E-state index contributed by atoms with van der Waals surface area (Å²) in [5, 5.41) is 10.7. The lowest BCUT2D eigenvalue weighted by atomic mass is 10.2. The van der Waals surface area contributed by atoms with Crippen LogP contribution in [0.1, 0.15) is 20.3 Å². The Balaban J connectivity index is 2.97. The highest BCUT2D eigenvalue weighted by Gasteiger charge is 1.85. The summed E-state index contributed by atoms with van der Waals surface area (Å²) >= 11 is 0. The third kappa shape index (κ3) is 5.47. The van der Waals surface area contributed by atoms with Gasteiger partial charge in [0.25, 0.3) is 0 Å². The van der Waals surface area contributed by atoms with E-state index in [1.807, 2.05) is 0 Å². The van der Waals surface area contributed by atoms with Crippen LogP contribution >= 0.6 is 0 Å². The van der Waals surface area contributed by atoms with Crippen molar-refractivity contribution in [2.45, 2.75) is 20.3 Å². The zero-order chi connectivity index (χ0) is 5.70. The second-order valence-corrected chi connectivity index (χ2v) is 1.93. The molecule has 0 aromatic rings. The quantitative estimate of drug-likeness (QED) is 0.319. The summed E-state index contributed by atoms with van der Waals surface area (Å²) in [4.78, 5) is 0. The molecule has 2 heteroatoms. The van der Waals surface area contributed by atoms with Gasteiger partial charge in [-0.1, -0.05) is 13.8 Å². The van der Waals surface area contributed by atoms with Crippen molar-refractivity contribution in [3.63, 3.8) is 0 Å². The molecular weight excluding hydrogens is 90.1 g/mol. The van der Waals surface area contributed by atoms with Crippen LogP contribution in [0.3, 0.4) is 0 Å². The Kier molecular flexibility index (Phi) is 3.38. The molecule has 0 saturated carbocycles. The molecule has 1 N–H and O–H groups in total. The number of rotatable bonds is 2. The van der Waals surface area contributed by atoms with E-state index in [1.165, 1.54) is 6.21 Å². The first-order valence-corrected chi connectivity index (χ1v) is 2.43. The van der Waals surface area contributed by atoms with E-state index in [-0.39, 0.29) is 0 Å². The van der Waals surface area contributed by atoms with Gasteiger partial charge in [-0.05, 0) is 12.3 Å². The molecule has 0 unspecified atom stereocenters. The van der Waals surface area contributed by atoms with Crippen LogP contribution in [-0.4, -0.2) is 11.4 Å². The van der Waals surface area contributed by atoms with E-state index in [4.69, 9.17) is 5.21 Å². The highest BCUT2D eigenvalue weighted by molar-refractivity contribution is 5.56. The van der Waals surface area contributed by atoms with Crippen LogP contribution in [0.25, 0.3) is 0 Å². The van der Waals surface area contributed by atoms with E-state index in [1.54, 1.807) is 0 Å². The maximum atomic E-state index is 7.88. The third-order valence-electron chi connectivity index (χ3n) is 0.658. The Hall–Kier alpha value is -0.530. The van der Waals surface area contributed by atoms with E-state index in [9.17, 15) is 0 Å². The van der Waals surface area contributed by atoms with Crippen molar-refractivity contribution < 1.29 is 5.21 Å². The lowest BCUT2D eigenvalue weighted by Gasteiger charge is -1.92. The molecule has 0 bridgehead atoms. The lowest BCUT2D eigenvalue weighted by Crippen LogP contribution is -1.85. The predicted octanol–water partition coefficient (Wildman–Crippen LogP) is 1.49. The first-order valence-electron chi connectivity index (χ1n) is 2.43. The Bertz CT molecular complexity index is 59.1. The standard InChI is InChI=1S/C5H11NO/c1-5(2)3-4-6-7/h4-5,7H,3H2,1-2H3/b6-4+. The predicted molar refractivity (Wildman–Crippen MR) is 29.7 cm³/mol. The van der Waals surface area contributed by atoms with Crippen LogP contribution < -0.4 is 0 Å². The van der Waals surface area contributed by atoms with Crippen LogP contribution in [0.15, 0.2) is 5.16 Å². The smallest absolute Gasteiger partial charge is 0.0438 e. The second kappa shape index (κ2) is 3.65. The summed E-state index contributed by atoms with van der Waals surface area (Å²) in [6.07, 6.45) is 2.36. The SMILES string of the molecule is CC(C)C/C=N/O. The molecule has 0 atom stereocenters. The molecule has 0 aliphatic carbocycles. The molecule has 0 aromatic heterocycles. The van der Waals surface area contributed by atoms with Crippen LogP contribution in [-0.2, 0) is 0 Å². The summed E-state index contributed by atoms with van der Waals surface area (Å²) in [5.74, 6) is 0.593. The van der Waals surface area contributed by atoms with Gasteiger partial charge in [0.15, 0.2) is 0 Å². The molecule has 0 spiro atoms. The van der Waals surface area contributed by atoms with E-state index in [0.717, 1.165) is 6.42 Å². The molecule has 0 aromatic carbocycles. The molecule has 0 aliphatic rings. The van der Waals surface area contributed by atoms with Crippen molar-refractivity contribution in [2.24, 2.45) is 11.1 Å². The number of oxime groups is 1. The minimum Gasteiger partial charge on any atom is -0.411 e. The molecule has 2 nitrogen and oxygen atoms in total. The summed E-state index contributed by atoms with van der Waals surface area (Å²) < 4.78 is 0. The lowest BCUT2D eigenvalue weighted by molar-refractivity contribution is 0.319. The molecule has 0 fully saturated rings. The maximum Gasteiger partial charge on any atom is 0.0438 e. The van der Waals surface area contributed by atoms with Crippen molar-refractivity contribution in [1.82, 2.24) is 0 Å². The average Bonchev–Trinajstić information content (AvgIpc) is 1.61. The minimum atomic E-state index is 0.593. The summed E-state index contributed by atoms with van der Waals surface area (Å²) in [6, 6.07) is 0. The molecule has 0 heterocycles. The first-order chi connectivity index (χ1) is 3.27. The Morgan fingerprint density at radius 3 is 2.43 bits per heavy atom. The summed E-state index contributed by atoms with van der Waals surface area (Å²) in [7, 11) is 0. The normalized spacial score (nSPS) is 11.3. The van der Waals surface area contributed by atoms with Crippen LogP contribution in [0, 0.1) is 5.92 Å². The molecule has 0 rings (SSSR count). The van der Waals surface area contributed by atoms with Gasteiger partial charge < -0.3 is 5.21 Å². The van der Waals surface area contributed by atoms with Crippen LogP contribution in [0.5, 0.6) is 0 Å². The fraction of sp³-hybridized carbons (Fsp3) is 0.800. The highest BCUT2D eigenvalue weighted by Crippen LogP contribution is 1.93. The monoisotopic (exact) mass is 101 g/mol. The van der Waals surface area contributed by atoms with Gasteiger partial charge in [-0.3, -0.25) is 0 Å².